The Labute approximate surface area is 190 Å². The number of amides is 1. The van der Waals surface area contributed by atoms with Crippen molar-refractivity contribution >= 4 is 11.6 Å². The van der Waals surface area contributed by atoms with Crippen molar-refractivity contribution in [2.24, 2.45) is 0 Å². The van der Waals surface area contributed by atoms with Gasteiger partial charge in [-0.25, -0.2) is 0 Å². The summed E-state index contributed by atoms with van der Waals surface area (Å²) >= 11 is 0. The van der Waals surface area contributed by atoms with E-state index in [2.05, 4.69) is 15.0 Å². The van der Waals surface area contributed by atoms with Crippen LogP contribution < -0.4 is 14.8 Å². The van der Waals surface area contributed by atoms with Crippen LogP contribution in [0.15, 0.2) is 48.5 Å². The van der Waals surface area contributed by atoms with Crippen LogP contribution in [-0.2, 0) is 4.79 Å². The summed E-state index contributed by atoms with van der Waals surface area (Å²) in [5.74, 6) is 0.134. The van der Waals surface area contributed by atoms with Gasteiger partial charge in [0.05, 0.1) is 6.54 Å². The summed E-state index contributed by atoms with van der Waals surface area (Å²) in [5.41, 5.74) is 1.49. The van der Waals surface area contributed by atoms with Gasteiger partial charge in [-0.3, -0.25) is 14.6 Å². The molecule has 10 heteroatoms. The van der Waals surface area contributed by atoms with Gasteiger partial charge in [0, 0.05) is 38.4 Å². The van der Waals surface area contributed by atoms with Gasteiger partial charge in [0.2, 0.25) is 5.91 Å². The summed E-state index contributed by atoms with van der Waals surface area (Å²) in [6.07, 6.45) is -5.37. The average Bonchev–Trinajstić information content (AvgIpc) is 2.74. The number of anilines is 1. The highest BCUT2D eigenvalue weighted by molar-refractivity contribution is 5.92. The molecule has 1 amide bonds. The number of benzene rings is 2. The van der Waals surface area contributed by atoms with Crippen molar-refractivity contribution in [3.8, 4) is 11.5 Å². The number of aliphatic hydroxyl groups excluding tert-OH is 1. The molecule has 2 N–H and O–H groups in total. The molecular formula is C23H28F3N3O4. The highest BCUT2D eigenvalue weighted by Crippen LogP contribution is 2.24. The number of aliphatic hydroxyl groups is 1. The fourth-order valence-electron chi connectivity index (χ4n) is 3.52. The number of aryl methyl sites for hydroxylation is 1. The molecule has 2 aromatic rings. The largest absolute Gasteiger partial charge is 0.573 e. The number of rotatable bonds is 9. The molecule has 2 aromatic carbocycles. The molecule has 180 valence electrons. The number of carbonyl (C=O) groups is 1. The molecule has 1 heterocycles. The van der Waals surface area contributed by atoms with Crippen molar-refractivity contribution in [3.63, 3.8) is 0 Å². The molecule has 0 saturated carbocycles. The maximum absolute atomic E-state index is 12.3. The summed E-state index contributed by atoms with van der Waals surface area (Å²) in [6, 6.07) is 12.7. The van der Waals surface area contributed by atoms with Gasteiger partial charge in [-0.15, -0.1) is 13.2 Å². The van der Waals surface area contributed by atoms with Crippen LogP contribution in [0, 0.1) is 6.92 Å². The molecule has 0 aromatic heterocycles. The molecule has 1 atom stereocenters. The number of β-amino-alcohol motifs (C(OH)–C–C–N with tert-alkyl or cyclic N) is 1. The summed E-state index contributed by atoms with van der Waals surface area (Å²) < 4.78 is 46.1. The lowest BCUT2D eigenvalue weighted by Crippen LogP contribution is -2.50. The van der Waals surface area contributed by atoms with Crippen LogP contribution >= 0.6 is 0 Å². The van der Waals surface area contributed by atoms with E-state index in [4.69, 9.17) is 4.74 Å². The van der Waals surface area contributed by atoms with E-state index in [1.54, 1.807) is 0 Å². The van der Waals surface area contributed by atoms with Gasteiger partial charge in [0.1, 0.15) is 24.2 Å². The first-order valence-corrected chi connectivity index (χ1v) is 10.6. The van der Waals surface area contributed by atoms with Crippen molar-refractivity contribution < 1.29 is 32.5 Å². The molecular weight excluding hydrogens is 439 g/mol. The predicted octanol–water partition coefficient (Wildman–Crippen LogP) is 2.89. The van der Waals surface area contributed by atoms with Crippen molar-refractivity contribution in [3.05, 3.63) is 54.1 Å². The second-order valence-electron chi connectivity index (χ2n) is 7.98. The molecule has 0 spiro atoms. The molecule has 1 aliphatic heterocycles. The molecule has 1 aliphatic rings. The lowest BCUT2D eigenvalue weighted by molar-refractivity contribution is -0.274. The predicted molar refractivity (Wildman–Crippen MR) is 117 cm³/mol. The van der Waals surface area contributed by atoms with E-state index in [1.807, 2.05) is 36.1 Å². The third kappa shape index (κ3) is 8.91. The lowest BCUT2D eigenvalue weighted by atomic mass is 10.2. The molecule has 1 saturated heterocycles. The van der Waals surface area contributed by atoms with E-state index < -0.39 is 12.5 Å². The average molecular weight is 467 g/mol. The number of alkyl halides is 3. The molecule has 0 bridgehead atoms. The summed E-state index contributed by atoms with van der Waals surface area (Å²) in [5, 5.41) is 12.9. The first-order valence-electron chi connectivity index (χ1n) is 10.6. The number of piperazine rings is 1. The second-order valence-corrected chi connectivity index (χ2v) is 7.98. The summed E-state index contributed by atoms with van der Waals surface area (Å²) in [7, 11) is 0. The minimum atomic E-state index is -4.75. The van der Waals surface area contributed by atoms with E-state index in [0.29, 0.717) is 38.4 Å². The summed E-state index contributed by atoms with van der Waals surface area (Å²) in [4.78, 5) is 16.4. The van der Waals surface area contributed by atoms with Crippen LogP contribution in [0.25, 0.3) is 0 Å². The van der Waals surface area contributed by atoms with Crippen LogP contribution in [0.5, 0.6) is 11.5 Å². The number of nitrogens with zero attached hydrogens (tertiary/aromatic N) is 2. The van der Waals surface area contributed by atoms with Gasteiger partial charge in [0.15, 0.2) is 0 Å². The summed E-state index contributed by atoms with van der Waals surface area (Å²) in [6.45, 7) is 5.59. The number of nitrogens with one attached hydrogen (secondary N) is 1. The van der Waals surface area contributed by atoms with Crippen molar-refractivity contribution in [2.75, 3.05) is 51.2 Å². The van der Waals surface area contributed by atoms with E-state index in [0.717, 1.165) is 23.4 Å². The van der Waals surface area contributed by atoms with Gasteiger partial charge in [-0.1, -0.05) is 12.1 Å². The van der Waals surface area contributed by atoms with Crippen molar-refractivity contribution in [1.82, 2.24) is 9.80 Å². The number of hydrogen-bond donors (Lipinski definition) is 2. The van der Waals surface area contributed by atoms with Gasteiger partial charge in [-0.05, 0) is 48.9 Å². The Morgan fingerprint density at radius 1 is 1.06 bits per heavy atom. The standard InChI is InChI=1S/C23H28F3N3O4/c1-17-3-2-4-21(13-17)32-16-19(30)14-28-9-11-29(12-10-28)15-22(31)27-18-5-7-20(8-6-18)33-23(24,25)26/h2-8,13,19,30H,9-12,14-16H2,1H3,(H,27,31). The number of halogens is 3. The molecule has 7 nitrogen and oxygen atoms in total. The van der Waals surface area contributed by atoms with Crippen LogP contribution in [0.3, 0.4) is 0 Å². The smallest absolute Gasteiger partial charge is 0.491 e. The molecule has 3 rings (SSSR count). The molecule has 0 aliphatic carbocycles. The van der Waals surface area contributed by atoms with Crippen LogP contribution in [0.2, 0.25) is 0 Å². The maximum atomic E-state index is 12.3. The van der Waals surface area contributed by atoms with Gasteiger partial charge < -0.3 is 19.9 Å². The Balaban J connectivity index is 1.34. The SMILES string of the molecule is Cc1cccc(OCC(O)CN2CCN(CC(=O)Nc3ccc(OC(F)(F)F)cc3)CC2)c1. The van der Waals surface area contributed by atoms with Crippen LogP contribution in [-0.4, -0.2) is 79.2 Å². The normalized spacial score (nSPS) is 16.3. The third-order valence-corrected chi connectivity index (χ3v) is 5.10. The van der Waals surface area contributed by atoms with E-state index in [-0.39, 0.29) is 24.8 Å². The molecule has 1 unspecified atom stereocenters. The zero-order chi connectivity index (χ0) is 23.8. The quantitative estimate of drug-likeness (QED) is 0.591. The minimum Gasteiger partial charge on any atom is -0.491 e. The number of ether oxygens (including phenoxy) is 2. The Kier molecular flexibility index (Phi) is 8.54. The highest BCUT2D eigenvalue weighted by Gasteiger charge is 2.31. The number of carbonyl (C=O) groups excluding carboxylic acids is 1. The van der Waals surface area contributed by atoms with Gasteiger partial charge in [0.25, 0.3) is 0 Å². The minimum absolute atomic E-state index is 0.174. The fraction of sp³-hybridized carbons (Fsp3) is 0.435. The lowest BCUT2D eigenvalue weighted by Gasteiger charge is -2.35. The Morgan fingerprint density at radius 2 is 1.73 bits per heavy atom. The second kappa shape index (κ2) is 11.4. The van der Waals surface area contributed by atoms with E-state index in [9.17, 15) is 23.1 Å². The fourth-order valence-corrected chi connectivity index (χ4v) is 3.52. The zero-order valence-corrected chi connectivity index (χ0v) is 18.3. The van der Waals surface area contributed by atoms with Crippen LogP contribution in [0.4, 0.5) is 18.9 Å². The zero-order valence-electron chi connectivity index (χ0n) is 18.3. The molecule has 33 heavy (non-hydrogen) atoms. The van der Waals surface area contributed by atoms with E-state index >= 15 is 0 Å². The number of hydrogen-bond acceptors (Lipinski definition) is 6. The van der Waals surface area contributed by atoms with E-state index in [1.165, 1.54) is 12.1 Å². The Bertz CT molecular complexity index is 901. The molecule has 0 radical (unpaired) electrons. The van der Waals surface area contributed by atoms with Gasteiger partial charge in [-0.2, -0.15) is 0 Å². The maximum Gasteiger partial charge on any atom is 0.573 e. The van der Waals surface area contributed by atoms with Crippen molar-refractivity contribution in [1.29, 1.82) is 0 Å². The van der Waals surface area contributed by atoms with Gasteiger partial charge >= 0.3 is 6.36 Å². The van der Waals surface area contributed by atoms with Crippen LogP contribution in [0.1, 0.15) is 5.56 Å². The first kappa shape index (κ1) is 24.8. The monoisotopic (exact) mass is 467 g/mol. The topological polar surface area (TPSA) is 74.3 Å². The Hall–Kier alpha value is -2.82. The first-order chi connectivity index (χ1) is 15.7. The molecule has 1 fully saturated rings. The highest BCUT2D eigenvalue weighted by atomic mass is 19.4. The van der Waals surface area contributed by atoms with Crippen molar-refractivity contribution in [2.45, 2.75) is 19.4 Å². The third-order valence-electron chi connectivity index (χ3n) is 5.10. The Morgan fingerprint density at radius 3 is 2.36 bits per heavy atom.